The summed E-state index contributed by atoms with van der Waals surface area (Å²) in [5.74, 6) is 3.16. The lowest BCUT2D eigenvalue weighted by molar-refractivity contribution is 0.174. The zero-order chi connectivity index (χ0) is 18.7. The van der Waals surface area contributed by atoms with Crippen molar-refractivity contribution in [3.63, 3.8) is 0 Å². The van der Waals surface area contributed by atoms with Crippen LogP contribution in [0.4, 0.5) is 5.69 Å². The van der Waals surface area contributed by atoms with Crippen LogP contribution in [0.3, 0.4) is 0 Å². The van der Waals surface area contributed by atoms with Gasteiger partial charge in [0.15, 0.2) is 23.0 Å². The lowest BCUT2D eigenvalue weighted by Crippen LogP contribution is -2.27. The Morgan fingerprint density at radius 1 is 0.963 bits per heavy atom. The number of fused-ring (bicyclic) bond motifs is 6. The Bertz CT molecular complexity index is 1080. The van der Waals surface area contributed by atoms with E-state index in [4.69, 9.17) is 18.9 Å². The first-order chi connectivity index (χ1) is 13.1. The average molecular weight is 363 g/mol. The first-order valence-corrected chi connectivity index (χ1v) is 8.98. The normalized spacial score (nSPS) is 16.9. The third-order valence-electron chi connectivity index (χ3n) is 5.71. The molecule has 0 fully saturated rings. The second-order valence-electron chi connectivity index (χ2n) is 6.94. The van der Waals surface area contributed by atoms with Gasteiger partial charge in [0.2, 0.25) is 6.79 Å². The largest absolute Gasteiger partial charge is 0.493 e. The van der Waals surface area contributed by atoms with Gasteiger partial charge in [0.25, 0.3) is 0 Å². The topological polar surface area (TPSA) is 40.2 Å². The van der Waals surface area contributed by atoms with Crippen molar-refractivity contribution < 1.29 is 18.9 Å². The summed E-state index contributed by atoms with van der Waals surface area (Å²) >= 11 is 0. The van der Waals surface area contributed by atoms with E-state index in [9.17, 15) is 0 Å². The standard InChI is InChI=1S/C22H21NO4/c1-12-20-14(7-8-17(24-3)22(20)25-4)15-6-5-13-9-18-19(27-11-26-18)10-16(13)21(15)23(12)2/h5-10,12H,11H2,1-4H3. The fourth-order valence-electron chi connectivity index (χ4n) is 4.28. The molecule has 5 rings (SSSR count). The van der Waals surface area contributed by atoms with Crippen LogP contribution in [-0.2, 0) is 0 Å². The molecule has 0 saturated carbocycles. The molecule has 138 valence electrons. The molecule has 1 unspecified atom stereocenters. The predicted octanol–water partition coefficient (Wildman–Crippen LogP) is 4.76. The predicted molar refractivity (Wildman–Crippen MR) is 105 cm³/mol. The first kappa shape index (κ1) is 16.1. The molecule has 0 aromatic heterocycles. The van der Waals surface area contributed by atoms with Gasteiger partial charge in [-0.05, 0) is 42.1 Å². The lowest BCUT2D eigenvalue weighted by Gasteiger charge is -2.37. The van der Waals surface area contributed by atoms with Crippen LogP contribution in [-0.4, -0.2) is 28.1 Å². The summed E-state index contributed by atoms with van der Waals surface area (Å²) in [7, 11) is 5.49. The van der Waals surface area contributed by atoms with E-state index >= 15 is 0 Å². The van der Waals surface area contributed by atoms with Gasteiger partial charge < -0.3 is 23.8 Å². The minimum atomic E-state index is 0.133. The molecule has 27 heavy (non-hydrogen) atoms. The van der Waals surface area contributed by atoms with Crippen LogP contribution in [0.15, 0.2) is 36.4 Å². The molecule has 5 heteroatoms. The molecule has 0 radical (unpaired) electrons. The number of ether oxygens (including phenoxy) is 4. The minimum Gasteiger partial charge on any atom is -0.493 e. The smallest absolute Gasteiger partial charge is 0.231 e. The summed E-state index contributed by atoms with van der Waals surface area (Å²) in [4.78, 5) is 2.30. The summed E-state index contributed by atoms with van der Waals surface area (Å²) < 4.78 is 22.4. The summed E-state index contributed by atoms with van der Waals surface area (Å²) in [6.07, 6.45) is 0. The molecule has 2 aliphatic rings. The molecular weight excluding hydrogens is 342 g/mol. The Kier molecular flexibility index (Phi) is 3.41. The quantitative estimate of drug-likeness (QED) is 0.656. The molecule has 2 heterocycles. The van der Waals surface area contributed by atoms with Gasteiger partial charge in [0.05, 0.1) is 25.9 Å². The van der Waals surface area contributed by atoms with Crippen molar-refractivity contribution in [2.24, 2.45) is 0 Å². The maximum atomic E-state index is 5.73. The molecule has 3 aromatic rings. The van der Waals surface area contributed by atoms with Gasteiger partial charge >= 0.3 is 0 Å². The van der Waals surface area contributed by atoms with E-state index in [1.807, 2.05) is 6.07 Å². The molecule has 0 saturated heterocycles. The summed E-state index contributed by atoms with van der Waals surface area (Å²) in [5.41, 5.74) is 4.69. The van der Waals surface area contributed by atoms with Gasteiger partial charge in [0, 0.05) is 23.6 Å². The highest BCUT2D eigenvalue weighted by atomic mass is 16.7. The van der Waals surface area contributed by atoms with E-state index in [1.165, 1.54) is 16.8 Å². The van der Waals surface area contributed by atoms with Gasteiger partial charge in [-0.3, -0.25) is 0 Å². The van der Waals surface area contributed by atoms with Crippen LogP contribution in [0.5, 0.6) is 23.0 Å². The average Bonchev–Trinajstić information content (AvgIpc) is 3.15. The van der Waals surface area contributed by atoms with E-state index < -0.39 is 0 Å². The molecule has 0 spiro atoms. The van der Waals surface area contributed by atoms with Crippen molar-refractivity contribution in [3.8, 4) is 34.1 Å². The highest BCUT2D eigenvalue weighted by Gasteiger charge is 2.32. The molecule has 2 aliphatic heterocycles. The maximum Gasteiger partial charge on any atom is 0.231 e. The second kappa shape index (κ2) is 5.71. The Balaban J connectivity index is 1.84. The van der Waals surface area contributed by atoms with Gasteiger partial charge in [-0.2, -0.15) is 0 Å². The molecule has 1 atom stereocenters. The SMILES string of the molecule is COc1ccc2c(c1OC)C(C)N(C)c1c-2ccc2cc3c(cc12)OCO3. The van der Waals surface area contributed by atoms with Crippen LogP contribution < -0.4 is 23.8 Å². The Morgan fingerprint density at radius 2 is 1.70 bits per heavy atom. The Hall–Kier alpha value is -3.08. The zero-order valence-electron chi connectivity index (χ0n) is 15.8. The molecule has 0 bridgehead atoms. The Labute approximate surface area is 158 Å². The van der Waals surface area contributed by atoms with Crippen LogP contribution in [0.1, 0.15) is 18.5 Å². The third-order valence-corrected chi connectivity index (χ3v) is 5.71. The van der Waals surface area contributed by atoms with Crippen molar-refractivity contribution in [2.75, 3.05) is 33.0 Å². The summed E-state index contributed by atoms with van der Waals surface area (Å²) in [5, 5.41) is 2.30. The number of benzene rings is 3. The Morgan fingerprint density at radius 3 is 2.44 bits per heavy atom. The van der Waals surface area contributed by atoms with Crippen LogP contribution in [0.2, 0.25) is 0 Å². The van der Waals surface area contributed by atoms with Crippen LogP contribution in [0, 0.1) is 0 Å². The van der Waals surface area contributed by atoms with Crippen molar-refractivity contribution in [2.45, 2.75) is 13.0 Å². The number of hydrogen-bond donors (Lipinski definition) is 0. The lowest BCUT2D eigenvalue weighted by atomic mass is 9.86. The number of rotatable bonds is 2. The molecular formula is C22H21NO4. The number of methoxy groups -OCH3 is 2. The number of nitrogens with zero attached hydrogens (tertiary/aromatic N) is 1. The van der Waals surface area contributed by atoms with Gasteiger partial charge in [-0.25, -0.2) is 0 Å². The fraction of sp³-hybridized carbons (Fsp3) is 0.273. The first-order valence-electron chi connectivity index (χ1n) is 8.98. The van der Waals surface area contributed by atoms with Gasteiger partial charge in [-0.1, -0.05) is 12.1 Å². The maximum absolute atomic E-state index is 5.73. The number of hydrogen-bond acceptors (Lipinski definition) is 5. The van der Waals surface area contributed by atoms with Crippen molar-refractivity contribution in [1.29, 1.82) is 0 Å². The van der Waals surface area contributed by atoms with Crippen molar-refractivity contribution >= 4 is 16.5 Å². The molecule has 0 aliphatic carbocycles. The molecule has 3 aromatic carbocycles. The minimum absolute atomic E-state index is 0.133. The fourth-order valence-corrected chi connectivity index (χ4v) is 4.28. The van der Waals surface area contributed by atoms with Crippen LogP contribution >= 0.6 is 0 Å². The van der Waals surface area contributed by atoms with Crippen molar-refractivity contribution in [3.05, 3.63) is 42.0 Å². The van der Waals surface area contributed by atoms with E-state index in [2.05, 4.69) is 49.2 Å². The van der Waals surface area contributed by atoms with E-state index in [0.717, 1.165) is 39.3 Å². The zero-order valence-corrected chi connectivity index (χ0v) is 15.8. The summed E-state index contributed by atoms with van der Waals surface area (Å²) in [6.45, 7) is 2.47. The second-order valence-corrected chi connectivity index (χ2v) is 6.94. The van der Waals surface area contributed by atoms with Gasteiger partial charge in [-0.15, -0.1) is 0 Å². The summed E-state index contributed by atoms with van der Waals surface area (Å²) in [6, 6.07) is 12.7. The molecule has 0 N–H and O–H groups in total. The van der Waals surface area contributed by atoms with Gasteiger partial charge in [0.1, 0.15) is 0 Å². The highest BCUT2D eigenvalue weighted by molar-refractivity contribution is 6.05. The van der Waals surface area contributed by atoms with E-state index in [-0.39, 0.29) is 12.8 Å². The van der Waals surface area contributed by atoms with E-state index in [1.54, 1.807) is 14.2 Å². The van der Waals surface area contributed by atoms with Crippen molar-refractivity contribution in [1.82, 2.24) is 0 Å². The monoisotopic (exact) mass is 363 g/mol. The third kappa shape index (κ3) is 2.11. The molecule has 0 amide bonds. The molecule has 5 nitrogen and oxygen atoms in total. The van der Waals surface area contributed by atoms with E-state index in [0.29, 0.717) is 0 Å². The highest BCUT2D eigenvalue weighted by Crippen LogP contribution is 2.53. The van der Waals surface area contributed by atoms with Crippen LogP contribution in [0.25, 0.3) is 21.9 Å². The number of anilines is 1.